The quantitative estimate of drug-likeness (QED) is 0.275. The number of piperazine rings is 1. The molecule has 0 saturated carbocycles. The highest BCUT2D eigenvalue weighted by atomic mass is 127. The van der Waals surface area contributed by atoms with Crippen LogP contribution in [0.15, 0.2) is 17.1 Å². The Bertz CT molecular complexity index is 699. The fraction of sp³-hybridized carbons (Fsp3) is 0.619. The van der Waals surface area contributed by atoms with Crippen LogP contribution in [0.2, 0.25) is 0 Å². The molecule has 1 amide bonds. The van der Waals surface area contributed by atoms with Crippen molar-refractivity contribution in [2.24, 2.45) is 4.99 Å². The Morgan fingerprint density at radius 1 is 0.968 bits per heavy atom. The summed E-state index contributed by atoms with van der Waals surface area (Å²) in [6, 6.07) is 3.98. The number of carbonyl (C=O) groups is 1. The van der Waals surface area contributed by atoms with Crippen molar-refractivity contribution < 1.29 is 19.0 Å². The molecule has 1 aliphatic rings. The number of methoxy groups -OCH3 is 3. The topological polar surface area (TPSA) is 87.7 Å². The van der Waals surface area contributed by atoms with Crippen LogP contribution in [-0.2, 0) is 11.3 Å². The van der Waals surface area contributed by atoms with Gasteiger partial charge in [-0.05, 0) is 31.5 Å². The van der Waals surface area contributed by atoms with Crippen molar-refractivity contribution in [3.63, 3.8) is 0 Å². The van der Waals surface area contributed by atoms with Gasteiger partial charge in [-0.15, -0.1) is 24.0 Å². The molecule has 1 aromatic carbocycles. The Morgan fingerprint density at radius 3 is 2.03 bits per heavy atom. The standard InChI is InChI=1S/C21H35N5O4.HI/c1-6-22-19(27)14-24-21(23-7-2)26-10-8-25(9-11-26)15-16-12-17(28-3)20(30-5)18(13-16)29-4;/h12-13H,6-11,14-15H2,1-5H3,(H,22,27)(H,23,24);1H. The molecule has 1 fully saturated rings. The molecule has 0 aromatic heterocycles. The molecule has 0 unspecified atom stereocenters. The van der Waals surface area contributed by atoms with E-state index in [9.17, 15) is 4.79 Å². The summed E-state index contributed by atoms with van der Waals surface area (Å²) < 4.78 is 16.3. The van der Waals surface area contributed by atoms with Crippen LogP contribution in [0, 0.1) is 0 Å². The summed E-state index contributed by atoms with van der Waals surface area (Å²) in [5.74, 6) is 2.66. The summed E-state index contributed by atoms with van der Waals surface area (Å²) in [5.41, 5.74) is 1.11. The SMILES string of the molecule is CCNC(=O)CN=C(NCC)N1CCN(Cc2cc(OC)c(OC)c(OC)c2)CC1.I. The molecule has 31 heavy (non-hydrogen) atoms. The summed E-state index contributed by atoms with van der Waals surface area (Å²) in [6.45, 7) is 9.70. The van der Waals surface area contributed by atoms with E-state index in [4.69, 9.17) is 14.2 Å². The maximum atomic E-state index is 11.7. The second-order valence-corrected chi connectivity index (χ2v) is 6.92. The molecular formula is C21H36IN5O4. The molecular weight excluding hydrogens is 513 g/mol. The maximum Gasteiger partial charge on any atom is 0.241 e. The molecule has 0 bridgehead atoms. The first-order valence-electron chi connectivity index (χ1n) is 10.4. The minimum Gasteiger partial charge on any atom is -0.493 e. The molecule has 1 saturated heterocycles. The zero-order valence-corrected chi connectivity index (χ0v) is 21.5. The first kappa shape index (κ1) is 27.1. The Hall–Kier alpha value is -1.95. The van der Waals surface area contributed by atoms with Gasteiger partial charge >= 0.3 is 0 Å². The van der Waals surface area contributed by atoms with Gasteiger partial charge in [0.15, 0.2) is 17.5 Å². The lowest BCUT2D eigenvalue weighted by Crippen LogP contribution is -2.52. The number of nitrogens with zero attached hydrogens (tertiary/aromatic N) is 3. The van der Waals surface area contributed by atoms with Crippen molar-refractivity contribution in [3.05, 3.63) is 17.7 Å². The first-order valence-corrected chi connectivity index (χ1v) is 10.4. The average molecular weight is 549 g/mol. The number of nitrogens with one attached hydrogen (secondary N) is 2. The molecule has 0 spiro atoms. The van der Waals surface area contributed by atoms with Gasteiger partial charge in [-0.1, -0.05) is 0 Å². The third-order valence-corrected chi connectivity index (χ3v) is 4.88. The van der Waals surface area contributed by atoms with Crippen LogP contribution in [-0.4, -0.2) is 88.8 Å². The Morgan fingerprint density at radius 2 is 1.55 bits per heavy atom. The lowest BCUT2D eigenvalue weighted by atomic mass is 10.1. The van der Waals surface area contributed by atoms with Crippen molar-refractivity contribution in [1.29, 1.82) is 0 Å². The number of likely N-dealkylation sites (N-methyl/N-ethyl adjacent to an activating group) is 1. The molecule has 0 atom stereocenters. The third-order valence-electron chi connectivity index (χ3n) is 4.88. The van der Waals surface area contributed by atoms with Crippen LogP contribution < -0.4 is 24.8 Å². The van der Waals surface area contributed by atoms with Crippen LogP contribution in [0.3, 0.4) is 0 Å². The van der Waals surface area contributed by atoms with Gasteiger partial charge in [0, 0.05) is 45.8 Å². The highest BCUT2D eigenvalue weighted by molar-refractivity contribution is 14.0. The van der Waals surface area contributed by atoms with E-state index in [-0.39, 0.29) is 36.4 Å². The molecule has 176 valence electrons. The number of hydrogen-bond acceptors (Lipinski definition) is 6. The van der Waals surface area contributed by atoms with Gasteiger partial charge in [-0.2, -0.15) is 0 Å². The third kappa shape index (κ3) is 7.91. The van der Waals surface area contributed by atoms with Crippen LogP contribution in [0.25, 0.3) is 0 Å². The van der Waals surface area contributed by atoms with Gasteiger partial charge in [-0.25, -0.2) is 4.99 Å². The van der Waals surface area contributed by atoms with E-state index in [0.717, 1.165) is 50.8 Å². The van der Waals surface area contributed by atoms with Gasteiger partial charge in [0.2, 0.25) is 11.7 Å². The number of carbonyl (C=O) groups excluding carboxylic acids is 1. The van der Waals surface area contributed by atoms with Gasteiger partial charge < -0.3 is 29.7 Å². The molecule has 0 aliphatic carbocycles. The van der Waals surface area contributed by atoms with Crippen LogP contribution >= 0.6 is 24.0 Å². The van der Waals surface area contributed by atoms with Gasteiger partial charge in [0.1, 0.15) is 6.54 Å². The van der Waals surface area contributed by atoms with E-state index in [1.807, 2.05) is 26.0 Å². The number of ether oxygens (including phenoxy) is 3. The van der Waals surface area contributed by atoms with Gasteiger partial charge in [0.05, 0.1) is 21.3 Å². The molecule has 1 aromatic rings. The normalized spacial score (nSPS) is 14.5. The highest BCUT2D eigenvalue weighted by Crippen LogP contribution is 2.38. The molecule has 2 rings (SSSR count). The minimum absolute atomic E-state index is 0. The number of halogens is 1. The van der Waals surface area contributed by atoms with E-state index in [1.165, 1.54) is 0 Å². The number of amides is 1. The Balaban J connectivity index is 0.00000480. The first-order chi connectivity index (χ1) is 14.6. The maximum absolute atomic E-state index is 11.7. The smallest absolute Gasteiger partial charge is 0.241 e. The zero-order valence-electron chi connectivity index (χ0n) is 19.2. The van der Waals surface area contributed by atoms with E-state index < -0.39 is 0 Å². The number of hydrogen-bond donors (Lipinski definition) is 2. The number of aliphatic imine (C=N–C) groups is 1. The fourth-order valence-electron chi connectivity index (χ4n) is 3.43. The summed E-state index contributed by atoms with van der Waals surface area (Å²) in [4.78, 5) is 20.8. The lowest BCUT2D eigenvalue weighted by molar-refractivity contribution is -0.119. The summed E-state index contributed by atoms with van der Waals surface area (Å²) in [6.07, 6.45) is 0. The van der Waals surface area contributed by atoms with Gasteiger partial charge in [0.25, 0.3) is 0 Å². The van der Waals surface area contributed by atoms with Crippen LogP contribution in [0.1, 0.15) is 19.4 Å². The predicted molar refractivity (Wildman–Crippen MR) is 133 cm³/mol. The molecule has 9 nitrogen and oxygen atoms in total. The van der Waals surface area contributed by atoms with Crippen molar-refractivity contribution in [1.82, 2.24) is 20.4 Å². The predicted octanol–water partition coefficient (Wildman–Crippen LogP) is 1.55. The van der Waals surface area contributed by atoms with Crippen molar-refractivity contribution in [2.45, 2.75) is 20.4 Å². The highest BCUT2D eigenvalue weighted by Gasteiger charge is 2.21. The number of rotatable bonds is 9. The van der Waals surface area contributed by atoms with Crippen LogP contribution in [0.5, 0.6) is 17.2 Å². The number of guanidine groups is 1. The largest absolute Gasteiger partial charge is 0.493 e. The zero-order chi connectivity index (χ0) is 21.9. The van der Waals surface area contributed by atoms with E-state index >= 15 is 0 Å². The van der Waals surface area contributed by atoms with Crippen molar-refractivity contribution in [2.75, 3.05) is 67.1 Å². The molecule has 2 N–H and O–H groups in total. The second-order valence-electron chi connectivity index (χ2n) is 6.92. The fourth-order valence-corrected chi connectivity index (χ4v) is 3.43. The summed E-state index contributed by atoms with van der Waals surface area (Å²) in [5, 5.41) is 6.06. The average Bonchev–Trinajstić information content (AvgIpc) is 2.76. The van der Waals surface area contributed by atoms with Gasteiger partial charge in [-0.3, -0.25) is 9.69 Å². The van der Waals surface area contributed by atoms with Crippen molar-refractivity contribution >= 4 is 35.8 Å². The molecule has 1 aliphatic heterocycles. The molecule has 1 heterocycles. The summed E-state index contributed by atoms with van der Waals surface area (Å²) >= 11 is 0. The molecule has 0 radical (unpaired) electrons. The van der Waals surface area contributed by atoms with E-state index in [0.29, 0.717) is 23.8 Å². The van der Waals surface area contributed by atoms with Crippen molar-refractivity contribution in [3.8, 4) is 17.2 Å². The summed E-state index contributed by atoms with van der Waals surface area (Å²) in [7, 11) is 4.86. The van der Waals surface area contributed by atoms with E-state index in [2.05, 4.69) is 25.4 Å². The Labute approximate surface area is 202 Å². The number of benzene rings is 1. The second kappa shape index (κ2) is 14.2. The minimum atomic E-state index is -0.0612. The lowest BCUT2D eigenvalue weighted by Gasteiger charge is -2.36. The monoisotopic (exact) mass is 549 g/mol. The Kier molecular flexibility index (Phi) is 12.4. The molecule has 10 heteroatoms. The van der Waals surface area contributed by atoms with Crippen LogP contribution in [0.4, 0.5) is 0 Å². The van der Waals surface area contributed by atoms with E-state index in [1.54, 1.807) is 21.3 Å².